The average Bonchev–Trinajstić information content (AvgIpc) is 3.55. The maximum absolute atomic E-state index is 9.67. The highest BCUT2D eigenvalue weighted by atomic mass is 19.4. The third kappa shape index (κ3) is 14.3. The number of benzene rings is 5. The first-order valence-corrected chi connectivity index (χ1v) is 17.8. The summed E-state index contributed by atoms with van der Waals surface area (Å²) >= 11 is 0. The van der Waals surface area contributed by atoms with Gasteiger partial charge < -0.3 is 14.1 Å². The topological polar surface area (TPSA) is 23.5 Å². The van der Waals surface area contributed by atoms with Crippen LogP contribution in [0.4, 0.5) is 31.6 Å². The van der Waals surface area contributed by atoms with Crippen LogP contribution in [-0.2, 0) is 4.74 Å². The highest BCUT2D eigenvalue weighted by molar-refractivity contribution is 6.33. The van der Waals surface area contributed by atoms with E-state index >= 15 is 0 Å². The van der Waals surface area contributed by atoms with E-state index in [4.69, 9.17) is 9.15 Å². The van der Waals surface area contributed by atoms with E-state index in [2.05, 4.69) is 151 Å². The van der Waals surface area contributed by atoms with Crippen LogP contribution in [0.1, 0.15) is 22.5 Å². The molecule has 0 N–H and O–H groups in total. The highest BCUT2D eigenvalue weighted by Gasteiger charge is 2.22. The summed E-state index contributed by atoms with van der Waals surface area (Å²) < 4.78 is 72.3. The Hall–Kier alpha value is -6.75. The fraction of sp³-hybridized carbons (Fsp3) is 0.0435. The van der Waals surface area contributed by atoms with E-state index in [1.165, 1.54) is 33.5 Å². The third-order valence-electron chi connectivity index (χ3n) is 8.41. The summed E-state index contributed by atoms with van der Waals surface area (Å²) in [6.07, 6.45) is 10.6. The van der Waals surface area contributed by atoms with Crippen LogP contribution in [0, 0.1) is 6.92 Å². The van der Waals surface area contributed by atoms with Gasteiger partial charge in [-0.2, -0.15) is 0 Å². The molecule has 0 unspecified atom stereocenters. The number of aryl methyl sites for hydroxylation is 1. The number of allylic oxidation sites excluding steroid dienone is 6. The Labute approximate surface area is 338 Å². The van der Waals surface area contributed by atoms with Crippen molar-refractivity contribution in [3.63, 3.8) is 0 Å². The molecule has 0 fully saturated rings. The molecule has 0 aliphatic carbocycles. The molecule has 1 aromatic heterocycles. The summed E-state index contributed by atoms with van der Waals surface area (Å²) in [7, 11) is -5.26. The van der Waals surface area contributed by atoms with Crippen LogP contribution in [0.5, 0.6) is 0 Å². The Morgan fingerprint density at radius 2 is 1.02 bits per heavy atom. The lowest BCUT2D eigenvalue weighted by Crippen LogP contribution is -3.00. The average molecular weight is 809 g/mol. The zero-order valence-corrected chi connectivity index (χ0v) is 31.8. The van der Waals surface area contributed by atoms with Crippen molar-refractivity contribution >= 4 is 43.9 Å². The largest absolute Gasteiger partial charge is 1.00 e. The first-order valence-electron chi connectivity index (χ1n) is 17.8. The maximum atomic E-state index is 9.67. The van der Waals surface area contributed by atoms with Crippen molar-refractivity contribution in [3.8, 4) is 22.5 Å². The summed E-state index contributed by atoms with van der Waals surface area (Å²) in [5, 5.41) is 0. The van der Waals surface area contributed by atoms with Crippen LogP contribution in [0.25, 0.3) is 39.4 Å². The van der Waals surface area contributed by atoms with E-state index in [1.807, 2.05) is 55.5 Å². The van der Waals surface area contributed by atoms with Crippen molar-refractivity contribution in [1.82, 2.24) is 0 Å². The second-order valence-corrected chi connectivity index (χ2v) is 12.4. The standard InChI is InChI=1S/C28H22NO.C18H15O.2BF3.2FH/c1-29-20-23(26-14-8-9-15-27(26)29)16-17-25-18-24(21-10-4-2-5-11-21)19-28(30-25)22-12-6-3-7-13-22;1-14-12-17(15-8-4-2-5-9-15)13-18(19-14)16-10-6-3-7-11-16;2*2-1(3)4;;/h2-20H,1H3;2-13H,1H3;;;2*1H/q2*+1;;;;/p-2. The highest BCUT2D eigenvalue weighted by Crippen LogP contribution is 2.34. The van der Waals surface area contributed by atoms with Crippen LogP contribution < -0.4 is 9.41 Å². The molecule has 2 aliphatic heterocycles. The molecular weight excluding hydrogens is 772 g/mol. The Kier molecular flexibility index (Phi) is 18.6. The monoisotopic (exact) mass is 809 g/mol. The summed E-state index contributed by atoms with van der Waals surface area (Å²) in [6.45, 7) is 1.98. The number of fused-ring (bicyclic) bond motifs is 1. The third-order valence-corrected chi connectivity index (χ3v) is 8.41. The minimum absolute atomic E-state index is 0. The molecule has 0 radical (unpaired) electrons. The predicted octanol–water partition coefficient (Wildman–Crippen LogP) is 7.44. The molecule has 300 valence electrons. The second kappa shape index (κ2) is 23.5. The molecule has 3 nitrogen and oxygen atoms in total. The minimum atomic E-state index is -3.67. The van der Waals surface area contributed by atoms with E-state index in [0.29, 0.717) is 0 Å². The molecule has 5 aromatic carbocycles. The van der Waals surface area contributed by atoms with Gasteiger partial charge in [-0.25, -0.2) is 8.99 Å². The predicted molar refractivity (Wildman–Crippen MR) is 221 cm³/mol. The van der Waals surface area contributed by atoms with Gasteiger partial charge in [0.15, 0.2) is 6.21 Å². The van der Waals surface area contributed by atoms with Crippen LogP contribution in [0.3, 0.4) is 0 Å². The minimum Gasteiger partial charge on any atom is -1.00 e. The van der Waals surface area contributed by atoms with Crippen LogP contribution >= 0.6 is 0 Å². The van der Waals surface area contributed by atoms with Crippen molar-refractivity contribution in [2.75, 3.05) is 7.05 Å². The van der Waals surface area contributed by atoms with Crippen LogP contribution in [-0.4, -0.2) is 32.9 Å². The number of rotatable bonds is 5. The molecule has 0 atom stereocenters. The lowest BCUT2D eigenvalue weighted by molar-refractivity contribution is -0.395. The summed E-state index contributed by atoms with van der Waals surface area (Å²) in [4.78, 5) is 0. The van der Waals surface area contributed by atoms with Crippen LogP contribution in [0.2, 0.25) is 0 Å². The van der Waals surface area contributed by atoms with E-state index in [9.17, 15) is 25.9 Å². The zero-order valence-electron chi connectivity index (χ0n) is 31.8. The molecule has 0 saturated carbocycles. The maximum Gasteiger partial charge on any atom is 0.762 e. The number of nitrogens with zero attached hydrogens (tertiary/aromatic N) is 1. The van der Waals surface area contributed by atoms with Gasteiger partial charge in [-0.1, -0.05) is 121 Å². The van der Waals surface area contributed by atoms with Gasteiger partial charge in [0.25, 0.3) is 0 Å². The van der Waals surface area contributed by atoms with Crippen molar-refractivity contribution in [2.24, 2.45) is 0 Å². The molecule has 6 aromatic rings. The number of para-hydroxylation sites is 1. The van der Waals surface area contributed by atoms with E-state index < -0.39 is 15.1 Å². The molecule has 0 amide bonds. The summed E-state index contributed by atoms with van der Waals surface area (Å²) in [5.74, 6) is 3.50. The van der Waals surface area contributed by atoms with Gasteiger partial charge in [0, 0.05) is 23.3 Å². The molecular formula is C46H37B2F8NO2. The van der Waals surface area contributed by atoms with Gasteiger partial charge in [-0.3, -0.25) is 25.9 Å². The first kappa shape index (κ1) is 46.6. The smallest absolute Gasteiger partial charge is 0.762 e. The quantitative estimate of drug-likeness (QED) is 0.0784. The second-order valence-electron chi connectivity index (χ2n) is 12.4. The molecule has 59 heavy (non-hydrogen) atoms. The van der Waals surface area contributed by atoms with Gasteiger partial charge in [0.2, 0.25) is 5.69 Å². The van der Waals surface area contributed by atoms with Crippen molar-refractivity contribution in [1.29, 1.82) is 0 Å². The number of ether oxygens (including phenoxy) is 1. The Morgan fingerprint density at radius 1 is 0.542 bits per heavy atom. The molecule has 0 saturated heterocycles. The zero-order chi connectivity index (χ0) is 40.6. The molecule has 0 bridgehead atoms. The van der Waals surface area contributed by atoms with Gasteiger partial charge in [-0.15, -0.1) is 0 Å². The fourth-order valence-corrected chi connectivity index (χ4v) is 6.00. The van der Waals surface area contributed by atoms with Gasteiger partial charge in [0.1, 0.15) is 18.6 Å². The fourth-order valence-electron chi connectivity index (χ4n) is 6.00. The SMILES string of the molecule is C[N+]1=CC(=CC=C2C=C(c3ccccc3)C=C(c3ccccc3)O2)c2ccccc21.Cc1cc(-c2ccccc2)cc(-c2ccccc2)[o+]1.FB(F)F.FB(F)F.[F-].[F-]. The molecule has 0 spiro atoms. The van der Waals surface area contributed by atoms with Gasteiger partial charge in [-0.05, 0) is 59.2 Å². The Morgan fingerprint density at radius 3 is 1.58 bits per heavy atom. The molecule has 8 rings (SSSR count). The number of hydrogen-bond donors (Lipinski definition) is 0. The lowest BCUT2D eigenvalue weighted by Gasteiger charge is -2.18. The summed E-state index contributed by atoms with van der Waals surface area (Å²) in [6, 6.07) is 53.8. The van der Waals surface area contributed by atoms with E-state index in [1.54, 1.807) is 0 Å². The van der Waals surface area contributed by atoms with Crippen molar-refractivity contribution < 1.29 is 49.0 Å². The van der Waals surface area contributed by atoms with Crippen molar-refractivity contribution in [2.45, 2.75) is 6.92 Å². The Bertz CT molecular complexity index is 2310. The molecule has 2 aliphatic rings. The van der Waals surface area contributed by atoms with Crippen LogP contribution in [0.15, 0.2) is 192 Å². The van der Waals surface area contributed by atoms with Gasteiger partial charge >= 0.3 is 26.6 Å². The molecule has 13 heteroatoms. The van der Waals surface area contributed by atoms with E-state index in [-0.39, 0.29) is 9.41 Å². The normalized spacial score (nSPS) is 13.3. The number of hydrogen-bond acceptors (Lipinski definition) is 1. The van der Waals surface area contributed by atoms with Crippen molar-refractivity contribution in [3.05, 3.63) is 210 Å². The lowest BCUT2D eigenvalue weighted by atomic mass is 10.0. The molecule has 3 heterocycles. The first-order chi connectivity index (χ1) is 27.6. The summed E-state index contributed by atoms with van der Waals surface area (Å²) in [5.41, 5.74) is 10.5. The van der Waals surface area contributed by atoms with Gasteiger partial charge in [0.05, 0.1) is 29.7 Å². The van der Waals surface area contributed by atoms with E-state index in [0.717, 1.165) is 39.7 Å². The number of halogens is 8. The Balaban J connectivity index is 0.000000275.